The molecule has 9 heteroatoms. The topological polar surface area (TPSA) is 91.3 Å². The number of likely N-dealkylation sites (N-methyl/N-ethyl adjacent to an activating group) is 1. The Morgan fingerprint density at radius 2 is 0.821 bits per heavy atom. The Hall–Kier alpha value is -0.500. The summed E-state index contributed by atoms with van der Waals surface area (Å²) in [5.41, 5.74) is 0. The van der Waals surface area contributed by atoms with Crippen molar-refractivity contribution in [2.75, 3.05) is 54.1 Å². The van der Waals surface area contributed by atoms with Crippen molar-refractivity contribution in [2.24, 2.45) is 0 Å². The van der Waals surface area contributed by atoms with E-state index in [1.54, 1.807) is 0 Å². The summed E-state index contributed by atoms with van der Waals surface area (Å²) in [5, 5.41) is 0. The van der Waals surface area contributed by atoms with Crippen LogP contribution in [0.3, 0.4) is 0 Å². The van der Waals surface area contributed by atoms with Crippen LogP contribution in [-0.4, -0.2) is 75.6 Å². The van der Waals surface area contributed by atoms with E-state index < -0.39 is 13.9 Å². The van der Waals surface area contributed by atoms with E-state index in [9.17, 15) is 14.3 Å². The van der Waals surface area contributed by atoms with Crippen molar-refractivity contribution in [2.45, 2.75) is 245 Å². The highest BCUT2D eigenvalue weighted by Crippen LogP contribution is 2.43. The summed E-state index contributed by atoms with van der Waals surface area (Å²) in [6.07, 6.45) is 44.6. The Morgan fingerprint density at radius 3 is 1.18 bits per heavy atom. The van der Waals surface area contributed by atoms with Gasteiger partial charge in [0.05, 0.1) is 34.4 Å². The maximum Gasteiger partial charge on any atom is 0.472 e. The normalized spacial score (nSPS) is 13.6. The van der Waals surface area contributed by atoms with E-state index in [0.717, 1.165) is 32.1 Å². The molecular weight excluding hydrogens is 721 g/mol. The van der Waals surface area contributed by atoms with Crippen LogP contribution in [0.5, 0.6) is 0 Å². The van der Waals surface area contributed by atoms with Crippen molar-refractivity contribution in [1.29, 1.82) is 0 Å². The molecule has 0 amide bonds. The molecule has 8 nitrogen and oxygen atoms in total. The van der Waals surface area contributed by atoms with Crippen LogP contribution < -0.4 is 0 Å². The minimum Gasteiger partial charge on any atom is -0.457 e. The summed E-state index contributed by atoms with van der Waals surface area (Å²) in [4.78, 5) is 22.8. The molecular formula is C47H97NO7P+. The lowest BCUT2D eigenvalue weighted by Gasteiger charge is -2.24. The number of phosphoric acid groups is 1. The number of nitrogens with zero attached hydrogens (tertiary/aromatic N) is 1. The first kappa shape index (κ1) is 55.5. The third kappa shape index (κ3) is 44.6. The van der Waals surface area contributed by atoms with Gasteiger partial charge >= 0.3 is 13.8 Å². The second kappa shape index (κ2) is 41.2. The Balaban J connectivity index is 3.88. The van der Waals surface area contributed by atoms with E-state index in [4.69, 9.17) is 18.5 Å². The van der Waals surface area contributed by atoms with Gasteiger partial charge in [-0.3, -0.25) is 13.8 Å². The minimum absolute atomic E-state index is 0.0935. The Morgan fingerprint density at radius 1 is 0.482 bits per heavy atom. The van der Waals surface area contributed by atoms with Crippen LogP contribution in [0.1, 0.15) is 239 Å². The summed E-state index contributed by atoms with van der Waals surface area (Å²) in [5.74, 6) is -0.313. The van der Waals surface area contributed by atoms with Crippen molar-refractivity contribution in [1.82, 2.24) is 0 Å². The third-order valence-corrected chi connectivity index (χ3v) is 11.9. The van der Waals surface area contributed by atoms with E-state index in [-0.39, 0.29) is 25.8 Å². The van der Waals surface area contributed by atoms with Gasteiger partial charge in [0, 0.05) is 13.0 Å². The molecule has 0 heterocycles. The molecule has 0 aliphatic carbocycles. The molecule has 0 aromatic rings. The summed E-state index contributed by atoms with van der Waals surface area (Å²) in [7, 11) is 1.68. The van der Waals surface area contributed by atoms with Crippen molar-refractivity contribution >= 4 is 13.8 Å². The Bertz CT molecular complexity index is 868. The minimum atomic E-state index is -4.26. The summed E-state index contributed by atoms with van der Waals surface area (Å²) >= 11 is 0. The van der Waals surface area contributed by atoms with Crippen molar-refractivity contribution in [3.8, 4) is 0 Å². The number of esters is 1. The van der Waals surface area contributed by atoms with Crippen molar-refractivity contribution in [3.63, 3.8) is 0 Å². The van der Waals surface area contributed by atoms with Crippen LogP contribution in [0.15, 0.2) is 0 Å². The number of carbonyl (C=O) groups is 1. The fourth-order valence-electron chi connectivity index (χ4n) is 7.14. The van der Waals surface area contributed by atoms with Crippen molar-refractivity contribution < 1.29 is 37.3 Å². The standard InChI is InChI=1S/C47H96NO7P/c1-6-8-10-12-14-16-17-18-19-20-21-22-23-24-25-26-27-28-29-30-31-32-33-35-37-39-42-52-44-46(45-54-56(50,51)53-43-41-48(3,4)5)55-47(49)40-38-36-34-15-13-11-9-7-2/h46H,6-45H2,1-5H3/p+1. The predicted octanol–water partition coefficient (Wildman–Crippen LogP) is 14.4. The number of unbranched alkanes of at least 4 members (excludes halogenated alkanes) is 32. The van der Waals surface area contributed by atoms with Crippen LogP contribution in [0.4, 0.5) is 0 Å². The maximum absolute atomic E-state index is 12.6. The summed E-state index contributed by atoms with van der Waals surface area (Å²) < 4.78 is 34.9. The van der Waals surface area contributed by atoms with Gasteiger partial charge < -0.3 is 18.9 Å². The van der Waals surface area contributed by atoms with Crippen LogP contribution in [0.2, 0.25) is 0 Å². The Labute approximate surface area is 348 Å². The summed E-state index contributed by atoms with van der Waals surface area (Å²) in [6.45, 7) is 5.65. The molecule has 336 valence electrons. The first-order valence-corrected chi connectivity index (χ1v) is 25.8. The van der Waals surface area contributed by atoms with E-state index in [2.05, 4.69) is 13.8 Å². The van der Waals surface area contributed by atoms with E-state index in [0.29, 0.717) is 24.1 Å². The number of ether oxygens (including phenoxy) is 2. The molecule has 0 aliphatic heterocycles. The van der Waals surface area contributed by atoms with Gasteiger partial charge in [-0.05, 0) is 12.8 Å². The lowest BCUT2D eigenvalue weighted by Crippen LogP contribution is -2.37. The molecule has 0 saturated carbocycles. The van der Waals surface area contributed by atoms with Crippen LogP contribution in [0, 0.1) is 0 Å². The van der Waals surface area contributed by atoms with Crippen LogP contribution in [0.25, 0.3) is 0 Å². The first-order chi connectivity index (χ1) is 27.1. The smallest absolute Gasteiger partial charge is 0.457 e. The molecule has 2 unspecified atom stereocenters. The lowest BCUT2D eigenvalue weighted by molar-refractivity contribution is -0.870. The van der Waals surface area contributed by atoms with Gasteiger partial charge in [0.2, 0.25) is 0 Å². The number of hydrogen-bond acceptors (Lipinski definition) is 6. The number of carbonyl (C=O) groups excluding carboxylic acids is 1. The fraction of sp³-hybridized carbons (Fsp3) is 0.979. The highest BCUT2D eigenvalue weighted by Gasteiger charge is 2.26. The number of hydrogen-bond donors (Lipinski definition) is 1. The molecule has 0 fully saturated rings. The molecule has 56 heavy (non-hydrogen) atoms. The van der Waals surface area contributed by atoms with Crippen LogP contribution in [-0.2, 0) is 27.9 Å². The molecule has 1 N–H and O–H groups in total. The maximum atomic E-state index is 12.6. The van der Waals surface area contributed by atoms with Gasteiger partial charge in [0.1, 0.15) is 19.3 Å². The van der Waals surface area contributed by atoms with Gasteiger partial charge in [-0.15, -0.1) is 0 Å². The molecule has 0 aromatic heterocycles. The lowest BCUT2D eigenvalue weighted by atomic mass is 10.0. The molecule has 0 rings (SSSR count). The van der Waals surface area contributed by atoms with E-state index >= 15 is 0 Å². The van der Waals surface area contributed by atoms with Gasteiger partial charge in [0.25, 0.3) is 0 Å². The zero-order valence-electron chi connectivity index (χ0n) is 38.2. The zero-order valence-corrected chi connectivity index (χ0v) is 39.0. The quantitative estimate of drug-likeness (QED) is 0.0283. The van der Waals surface area contributed by atoms with E-state index in [1.807, 2.05) is 21.1 Å². The number of rotatable bonds is 46. The van der Waals surface area contributed by atoms with E-state index in [1.165, 1.54) is 186 Å². The summed E-state index contributed by atoms with van der Waals surface area (Å²) in [6, 6.07) is 0. The number of quaternary nitrogens is 1. The molecule has 0 aliphatic rings. The largest absolute Gasteiger partial charge is 0.472 e. The van der Waals surface area contributed by atoms with Gasteiger partial charge in [-0.2, -0.15) is 0 Å². The molecule has 0 aromatic carbocycles. The molecule has 0 radical (unpaired) electrons. The average Bonchev–Trinajstić information content (AvgIpc) is 3.15. The van der Waals surface area contributed by atoms with Gasteiger partial charge in [0.15, 0.2) is 0 Å². The van der Waals surface area contributed by atoms with Crippen molar-refractivity contribution in [3.05, 3.63) is 0 Å². The predicted molar refractivity (Wildman–Crippen MR) is 238 cm³/mol. The second-order valence-corrected chi connectivity index (χ2v) is 19.3. The highest BCUT2D eigenvalue weighted by molar-refractivity contribution is 7.47. The monoisotopic (exact) mass is 819 g/mol. The highest BCUT2D eigenvalue weighted by atomic mass is 31.2. The number of phosphoric ester groups is 1. The molecule has 0 spiro atoms. The van der Waals surface area contributed by atoms with Gasteiger partial charge in [-0.1, -0.05) is 219 Å². The zero-order chi connectivity index (χ0) is 41.3. The fourth-order valence-corrected chi connectivity index (χ4v) is 7.89. The SMILES string of the molecule is CCCCCCCCCCCCCCCCCCCCCCCCCCCCOCC(COP(=O)(O)OCC[N+](C)(C)C)OC(=O)CCCCCCCCCC. The third-order valence-electron chi connectivity index (χ3n) is 10.9. The van der Waals surface area contributed by atoms with Gasteiger partial charge in [-0.25, -0.2) is 4.57 Å². The molecule has 0 saturated heterocycles. The van der Waals surface area contributed by atoms with Crippen LogP contribution >= 0.6 is 7.82 Å². The molecule has 2 atom stereocenters. The average molecular weight is 819 g/mol. The Kier molecular flexibility index (Phi) is 40.9. The second-order valence-electron chi connectivity index (χ2n) is 17.9. The first-order valence-electron chi connectivity index (χ1n) is 24.3. The molecule has 0 bridgehead atoms.